The maximum atomic E-state index is 13.6. The van der Waals surface area contributed by atoms with E-state index in [4.69, 9.17) is 26.9 Å². The molecule has 3 saturated heterocycles. The molecule has 4 heterocycles. The molecule has 3 fully saturated rings. The minimum Gasteiger partial charge on any atom is -0.381 e. The zero-order chi connectivity index (χ0) is 28.1. The van der Waals surface area contributed by atoms with Gasteiger partial charge < -0.3 is 30.1 Å². The molecule has 0 aliphatic carbocycles. The summed E-state index contributed by atoms with van der Waals surface area (Å²) < 4.78 is 19.3. The lowest BCUT2D eigenvalue weighted by atomic mass is 9.74. The summed E-state index contributed by atoms with van der Waals surface area (Å²) in [5, 5.41) is 7.19. The largest absolute Gasteiger partial charge is 0.381 e. The average Bonchev–Trinajstić information content (AvgIpc) is 3.57. The Morgan fingerprint density at radius 3 is 2.10 bits per heavy atom. The van der Waals surface area contributed by atoms with Crippen molar-refractivity contribution in [3.05, 3.63) is 72.0 Å². The van der Waals surface area contributed by atoms with Crippen LogP contribution in [0.25, 0.3) is 0 Å². The third-order valence-electron chi connectivity index (χ3n) is 8.57. The summed E-state index contributed by atoms with van der Waals surface area (Å²) in [6, 6.07) is 19.5. The topological polar surface area (TPSA) is 68.8 Å². The van der Waals surface area contributed by atoms with Crippen LogP contribution in [0.15, 0.2) is 60.7 Å². The van der Waals surface area contributed by atoms with Crippen LogP contribution in [0.3, 0.4) is 0 Å². The number of ether oxygens (including phenoxy) is 1. The minimum absolute atomic E-state index is 0.181. The highest BCUT2D eigenvalue weighted by Gasteiger charge is 2.34. The first-order chi connectivity index (χ1) is 20.1. The van der Waals surface area contributed by atoms with Gasteiger partial charge in [0, 0.05) is 76.2 Å². The molecule has 8 nitrogen and oxygen atoms in total. The van der Waals surface area contributed by atoms with Crippen LogP contribution in [-0.2, 0) is 10.2 Å². The number of anilines is 4. The molecule has 0 saturated carbocycles. The molecule has 3 aromatic rings. The van der Waals surface area contributed by atoms with Gasteiger partial charge in [0.2, 0.25) is 5.95 Å². The number of hydrogen-bond donors (Lipinski definition) is 2. The predicted octanol–water partition coefficient (Wildman–Crippen LogP) is 4.58. The molecule has 1 aromatic heterocycles. The highest BCUT2D eigenvalue weighted by molar-refractivity contribution is 7.80. The number of aromatic nitrogens is 2. The van der Waals surface area contributed by atoms with Gasteiger partial charge >= 0.3 is 0 Å². The molecule has 216 valence electrons. The zero-order valence-corrected chi connectivity index (χ0v) is 24.2. The molecule has 3 aliphatic heterocycles. The van der Waals surface area contributed by atoms with E-state index < -0.39 is 0 Å². The van der Waals surface area contributed by atoms with Crippen molar-refractivity contribution in [1.82, 2.24) is 15.3 Å². The molecule has 0 unspecified atom stereocenters. The van der Waals surface area contributed by atoms with Gasteiger partial charge in [0.25, 0.3) is 0 Å². The average molecular weight is 576 g/mol. The van der Waals surface area contributed by atoms with E-state index >= 15 is 0 Å². The van der Waals surface area contributed by atoms with E-state index in [2.05, 4.69) is 61.7 Å². The number of rotatable bonds is 7. The fourth-order valence-electron chi connectivity index (χ4n) is 6.11. The van der Waals surface area contributed by atoms with E-state index in [1.54, 1.807) is 0 Å². The zero-order valence-electron chi connectivity index (χ0n) is 23.4. The molecular formula is C31H38FN7OS. The fourth-order valence-corrected chi connectivity index (χ4v) is 6.27. The Balaban J connectivity index is 1.15. The fraction of sp³-hybridized carbons (Fsp3) is 0.452. The number of thiocarbonyl (C=S) groups is 1. The Kier molecular flexibility index (Phi) is 8.48. The molecule has 10 heteroatoms. The molecular weight excluding hydrogens is 537 g/mol. The SMILES string of the molecule is Fc1ccc(C2(CNC(=S)Nc3nc(N4CCCC4)cc(N4CCN(c5ccccc5)CC4)n3)CCOCC2)cc1. The summed E-state index contributed by atoms with van der Waals surface area (Å²) in [7, 11) is 0. The Morgan fingerprint density at radius 2 is 1.44 bits per heavy atom. The molecule has 0 bridgehead atoms. The summed E-state index contributed by atoms with van der Waals surface area (Å²) in [5.74, 6) is 2.14. The number of piperazine rings is 1. The van der Waals surface area contributed by atoms with Crippen molar-refractivity contribution >= 4 is 40.6 Å². The first kappa shape index (κ1) is 27.7. The Morgan fingerprint density at radius 1 is 0.829 bits per heavy atom. The minimum atomic E-state index is -0.228. The van der Waals surface area contributed by atoms with Crippen molar-refractivity contribution in [2.75, 3.05) is 79.0 Å². The van der Waals surface area contributed by atoms with Gasteiger partial charge in [-0.15, -0.1) is 0 Å². The van der Waals surface area contributed by atoms with Crippen molar-refractivity contribution in [3.63, 3.8) is 0 Å². The summed E-state index contributed by atoms with van der Waals surface area (Å²) in [5.41, 5.74) is 2.18. The molecule has 2 N–H and O–H groups in total. The van der Waals surface area contributed by atoms with Crippen LogP contribution in [0, 0.1) is 5.82 Å². The summed E-state index contributed by atoms with van der Waals surface area (Å²) in [4.78, 5) is 16.9. The van der Waals surface area contributed by atoms with Crippen molar-refractivity contribution < 1.29 is 9.13 Å². The first-order valence-corrected chi connectivity index (χ1v) is 15.1. The number of nitrogens with zero attached hydrogens (tertiary/aromatic N) is 5. The number of nitrogens with one attached hydrogen (secondary N) is 2. The van der Waals surface area contributed by atoms with Crippen LogP contribution in [-0.4, -0.2) is 74.1 Å². The molecule has 3 aliphatic rings. The smallest absolute Gasteiger partial charge is 0.232 e. The quantitative estimate of drug-likeness (QED) is 0.394. The Hall–Kier alpha value is -3.50. The second-order valence-electron chi connectivity index (χ2n) is 11.1. The third-order valence-corrected chi connectivity index (χ3v) is 8.82. The van der Waals surface area contributed by atoms with Gasteiger partial charge in [0.1, 0.15) is 17.5 Å². The Labute approximate surface area is 246 Å². The van der Waals surface area contributed by atoms with Crippen molar-refractivity contribution in [2.24, 2.45) is 0 Å². The number of hydrogen-bond acceptors (Lipinski definition) is 7. The molecule has 2 aromatic carbocycles. The third kappa shape index (κ3) is 6.54. The highest BCUT2D eigenvalue weighted by Crippen LogP contribution is 2.34. The molecule has 41 heavy (non-hydrogen) atoms. The summed E-state index contributed by atoms with van der Waals surface area (Å²) in [6.07, 6.45) is 4.03. The first-order valence-electron chi connectivity index (χ1n) is 14.7. The number of halogens is 1. The second kappa shape index (κ2) is 12.6. The van der Waals surface area contributed by atoms with Crippen LogP contribution in [0.4, 0.5) is 27.7 Å². The van der Waals surface area contributed by atoms with Gasteiger partial charge in [-0.3, -0.25) is 0 Å². The summed E-state index contributed by atoms with van der Waals surface area (Å²) >= 11 is 5.74. The van der Waals surface area contributed by atoms with Gasteiger partial charge in [0.15, 0.2) is 5.11 Å². The van der Waals surface area contributed by atoms with Crippen molar-refractivity contribution in [3.8, 4) is 0 Å². The molecule has 0 atom stereocenters. The van der Waals surface area contributed by atoms with E-state index in [9.17, 15) is 4.39 Å². The van der Waals surface area contributed by atoms with E-state index in [1.807, 2.05) is 12.1 Å². The number of para-hydroxylation sites is 1. The lowest BCUT2D eigenvalue weighted by molar-refractivity contribution is 0.0515. The van der Waals surface area contributed by atoms with Gasteiger partial charge in [-0.05, 0) is 67.7 Å². The molecule has 0 spiro atoms. The monoisotopic (exact) mass is 575 g/mol. The van der Waals surface area contributed by atoms with Crippen LogP contribution in [0.1, 0.15) is 31.2 Å². The van der Waals surface area contributed by atoms with E-state index in [0.29, 0.717) is 30.8 Å². The van der Waals surface area contributed by atoms with Gasteiger partial charge in [-0.1, -0.05) is 30.3 Å². The highest BCUT2D eigenvalue weighted by atomic mass is 32.1. The van der Waals surface area contributed by atoms with E-state index in [-0.39, 0.29) is 11.2 Å². The van der Waals surface area contributed by atoms with Crippen LogP contribution in [0.5, 0.6) is 0 Å². The summed E-state index contributed by atoms with van der Waals surface area (Å²) in [6.45, 7) is 7.60. The predicted molar refractivity (Wildman–Crippen MR) is 167 cm³/mol. The number of benzene rings is 2. The lowest BCUT2D eigenvalue weighted by Crippen LogP contribution is -2.47. The van der Waals surface area contributed by atoms with Crippen LogP contribution in [0.2, 0.25) is 0 Å². The molecule has 6 rings (SSSR count). The van der Waals surface area contributed by atoms with Crippen molar-refractivity contribution in [1.29, 1.82) is 0 Å². The maximum absolute atomic E-state index is 13.6. The maximum Gasteiger partial charge on any atom is 0.232 e. The normalized spacial score (nSPS) is 18.8. The second-order valence-corrected chi connectivity index (χ2v) is 11.5. The van der Waals surface area contributed by atoms with Crippen molar-refractivity contribution in [2.45, 2.75) is 31.1 Å². The van der Waals surface area contributed by atoms with Crippen LogP contribution >= 0.6 is 12.2 Å². The van der Waals surface area contributed by atoms with Crippen LogP contribution < -0.4 is 25.3 Å². The lowest BCUT2D eigenvalue weighted by Gasteiger charge is -2.38. The van der Waals surface area contributed by atoms with Gasteiger partial charge in [-0.2, -0.15) is 9.97 Å². The van der Waals surface area contributed by atoms with Gasteiger partial charge in [0.05, 0.1) is 0 Å². The Bertz CT molecular complexity index is 1310. The molecule has 0 radical (unpaired) electrons. The van der Waals surface area contributed by atoms with E-state index in [1.165, 1.54) is 30.7 Å². The molecule has 0 amide bonds. The van der Waals surface area contributed by atoms with Gasteiger partial charge in [-0.25, -0.2) is 4.39 Å². The van der Waals surface area contributed by atoms with E-state index in [0.717, 1.165) is 69.3 Å². The standard InChI is InChI=1S/C31H38FN7OS/c32-25-10-8-24(9-11-25)31(12-20-40-21-13-31)23-33-30(41)36-29-34-27(38-14-4-5-15-38)22-28(35-29)39-18-16-37(17-19-39)26-6-2-1-3-7-26/h1-3,6-11,22H,4-5,12-21,23H2,(H2,33,34,35,36,41).